The minimum Gasteiger partial charge on any atom is -0.493 e. The number of esters is 2. The van der Waals surface area contributed by atoms with Crippen LogP contribution in [0.2, 0.25) is 0 Å². The summed E-state index contributed by atoms with van der Waals surface area (Å²) in [6, 6.07) is 20.6. The summed E-state index contributed by atoms with van der Waals surface area (Å²) in [5.74, 6) is 4.31. The van der Waals surface area contributed by atoms with Crippen molar-refractivity contribution in [3.8, 4) is 46.0 Å². The maximum absolute atomic E-state index is 12.8. The molecule has 15 heteroatoms. The molecule has 0 spiro atoms. The van der Waals surface area contributed by atoms with E-state index < -0.39 is 11.9 Å². The number of methoxy groups -OCH3 is 8. The summed E-state index contributed by atoms with van der Waals surface area (Å²) < 4.78 is 57.7. The summed E-state index contributed by atoms with van der Waals surface area (Å²) in [6.45, 7) is 3.69. The van der Waals surface area contributed by atoms with E-state index in [4.69, 9.17) is 47.4 Å². The third-order valence-corrected chi connectivity index (χ3v) is 13.5. The van der Waals surface area contributed by atoms with E-state index in [-0.39, 0.29) is 42.7 Å². The zero-order valence-electron chi connectivity index (χ0n) is 40.8. The van der Waals surface area contributed by atoms with Crippen LogP contribution in [-0.2, 0) is 62.1 Å². The normalized spacial score (nSPS) is 19.5. The first-order valence-electron chi connectivity index (χ1n) is 22.5. The third-order valence-electron chi connectivity index (χ3n) is 13.5. The predicted octanol–water partition coefficient (Wildman–Crippen LogP) is 7.45. The van der Waals surface area contributed by atoms with Crippen molar-refractivity contribution in [2.45, 2.75) is 50.6 Å². The van der Waals surface area contributed by atoms with Gasteiger partial charge in [0.05, 0.1) is 110 Å². The number of fused-ring (bicyclic) bond motifs is 2. The Bertz CT molecular complexity index is 2200. The van der Waals surface area contributed by atoms with Gasteiger partial charge in [0.25, 0.3) is 0 Å². The van der Waals surface area contributed by atoms with Crippen molar-refractivity contribution < 1.29 is 83.3 Å². The van der Waals surface area contributed by atoms with Gasteiger partial charge in [0.15, 0.2) is 46.0 Å². The van der Waals surface area contributed by atoms with E-state index in [0.717, 1.165) is 84.1 Å². The summed E-state index contributed by atoms with van der Waals surface area (Å²) in [6.07, 6.45) is 6.73. The van der Waals surface area contributed by atoms with Crippen LogP contribution in [0.5, 0.6) is 46.0 Å². The molecule has 4 aromatic carbocycles. The van der Waals surface area contributed by atoms with Crippen LogP contribution >= 0.6 is 0 Å². The fraction of sp³-hybridized carbons (Fsp3) is 0.462. The first-order valence-corrected chi connectivity index (χ1v) is 22.5. The number of carbonyl (C=O) groups is 2. The van der Waals surface area contributed by atoms with Crippen LogP contribution in [0.3, 0.4) is 0 Å². The average molecular weight is 965 g/mol. The third kappa shape index (κ3) is 12.3. The molecule has 4 atom stereocenters. The Morgan fingerprint density at radius 3 is 1.16 bits per heavy atom. The van der Waals surface area contributed by atoms with E-state index >= 15 is 0 Å². The summed E-state index contributed by atoms with van der Waals surface area (Å²) in [5, 5.41) is 0. The summed E-state index contributed by atoms with van der Waals surface area (Å²) in [4.78, 5) is 25.6. The zero-order chi connectivity index (χ0) is 47.4. The number of hydrogen-bond acceptors (Lipinski definition) is 12. The summed E-state index contributed by atoms with van der Waals surface area (Å²) in [5.41, 5.74) is 7.06. The fourth-order valence-corrected chi connectivity index (χ4v) is 9.75. The van der Waals surface area contributed by atoms with Gasteiger partial charge in [0, 0.05) is 79.2 Å². The number of likely N-dealkylation sites (N-methyl/N-ethyl adjacent to an activating group) is 2. The van der Waals surface area contributed by atoms with E-state index in [1.54, 1.807) is 56.9 Å². The van der Waals surface area contributed by atoms with E-state index in [1.807, 2.05) is 24.3 Å². The van der Waals surface area contributed by atoms with Crippen molar-refractivity contribution in [1.29, 1.82) is 0 Å². The molecule has 0 aromatic heterocycles. The van der Waals surface area contributed by atoms with Crippen LogP contribution in [-0.4, -0.2) is 131 Å². The van der Waals surface area contributed by atoms with Crippen LogP contribution in [0.25, 0.3) is 0 Å². The molecule has 362 valence electrons. The molecule has 0 radical (unpaired) electrons. The Labute approximate surface area is 406 Å². The second-order valence-electron chi connectivity index (χ2n) is 17.4. The molecule has 6 rings (SSSR count). The van der Waals surface area contributed by atoms with Gasteiger partial charge in [-0.3, -0.25) is 0 Å². The molecule has 0 aliphatic carbocycles. The fourth-order valence-electron chi connectivity index (χ4n) is 9.75. The Morgan fingerprint density at radius 1 is 0.493 bits per heavy atom. The second-order valence-corrected chi connectivity index (χ2v) is 17.4. The van der Waals surface area contributed by atoms with Crippen molar-refractivity contribution in [2.75, 3.05) is 110 Å². The SMILES string of the molecule is COc1ccc(C[C@@H]2c3cc(OC)c(OC)cc3CC[N@@+]2(C)CCCOC(=O)/C=C\C(=O)OCCC[N@+]2(C)CCc3cc(OC)c(OC)cc3[C@H]2Cc2ccc(OC)c(OC)c2)cc1OC.[Cr]. The van der Waals surface area contributed by atoms with Crippen LogP contribution in [0.15, 0.2) is 72.8 Å². The Balaban J connectivity index is 0.00000840. The molecule has 0 saturated carbocycles. The van der Waals surface area contributed by atoms with Gasteiger partial charge in [-0.2, -0.15) is 0 Å². The topological polar surface area (TPSA) is 126 Å². The van der Waals surface area contributed by atoms with Gasteiger partial charge in [-0.15, -0.1) is 0 Å². The average Bonchev–Trinajstić information content (AvgIpc) is 3.34. The van der Waals surface area contributed by atoms with E-state index in [2.05, 4.69) is 50.5 Å². The van der Waals surface area contributed by atoms with Crippen molar-refractivity contribution in [3.05, 3.63) is 106 Å². The Kier molecular flexibility index (Phi) is 18.7. The van der Waals surface area contributed by atoms with Crippen molar-refractivity contribution in [2.24, 2.45) is 0 Å². The number of rotatable bonds is 22. The van der Waals surface area contributed by atoms with Crippen LogP contribution in [0, 0.1) is 0 Å². The van der Waals surface area contributed by atoms with Crippen LogP contribution < -0.4 is 37.9 Å². The van der Waals surface area contributed by atoms with E-state index in [9.17, 15) is 9.59 Å². The number of quaternary nitrogens is 2. The maximum atomic E-state index is 12.8. The summed E-state index contributed by atoms with van der Waals surface area (Å²) in [7, 11) is 17.7. The number of carbonyl (C=O) groups excluding carboxylic acids is 2. The van der Waals surface area contributed by atoms with Crippen molar-refractivity contribution >= 4 is 11.9 Å². The van der Waals surface area contributed by atoms with Gasteiger partial charge in [-0.25, -0.2) is 9.59 Å². The molecule has 2 heterocycles. The molecule has 67 heavy (non-hydrogen) atoms. The summed E-state index contributed by atoms with van der Waals surface area (Å²) >= 11 is 0. The van der Waals surface area contributed by atoms with Crippen LogP contribution in [0.1, 0.15) is 58.3 Å². The monoisotopic (exact) mass is 964 g/mol. The van der Waals surface area contributed by atoms with E-state index in [0.29, 0.717) is 58.8 Å². The molecule has 0 fully saturated rings. The molecule has 0 saturated heterocycles. The second kappa shape index (κ2) is 23.9. The van der Waals surface area contributed by atoms with Gasteiger partial charge in [-0.1, -0.05) is 12.1 Å². The Morgan fingerprint density at radius 2 is 0.821 bits per heavy atom. The number of benzene rings is 4. The quantitative estimate of drug-likeness (QED) is 0.0336. The van der Waals surface area contributed by atoms with Gasteiger partial charge in [0.1, 0.15) is 12.1 Å². The van der Waals surface area contributed by atoms with Crippen molar-refractivity contribution in [1.82, 2.24) is 0 Å². The molecule has 2 aliphatic heterocycles. The van der Waals surface area contributed by atoms with Gasteiger partial charge < -0.3 is 56.3 Å². The first kappa shape index (κ1) is 52.4. The molecule has 14 nitrogen and oxygen atoms in total. The minimum absolute atomic E-state index is 0. The molecule has 0 bridgehead atoms. The largest absolute Gasteiger partial charge is 0.493 e. The molecule has 0 N–H and O–H groups in total. The first-order chi connectivity index (χ1) is 31.9. The standard InChI is InChI=1S/C52H68N2O12.Cr/c1-53(23-19-37-31-47(61-7)49(63-9)33-39(37)41(53)27-35-13-15-43(57-3)45(29-35)59-5)21-11-25-65-51(55)17-18-52(56)66-26-12-22-54(2)24-20-38-32-48(62-8)50(64-10)34-40(38)42(54)28-36-14-16-44(58-4)46(30-36)60-6;/h13-18,29-34,41-42H,11-12,19-28H2,1-10H3;/q+2;/b18-17-;/t41-,42-,53-,54-;/m1./s1. The molecule has 4 aromatic rings. The maximum Gasteiger partial charge on any atom is 0.331 e. The zero-order valence-corrected chi connectivity index (χ0v) is 42.0. The molecular formula is C52H68CrN2O12+2. The van der Waals surface area contributed by atoms with Gasteiger partial charge in [0.2, 0.25) is 0 Å². The van der Waals surface area contributed by atoms with Gasteiger partial charge in [-0.05, 0) is 70.8 Å². The minimum atomic E-state index is -0.590. The van der Waals surface area contributed by atoms with Crippen molar-refractivity contribution in [3.63, 3.8) is 0 Å². The molecular weight excluding hydrogens is 897 g/mol. The molecule has 0 unspecified atom stereocenters. The smallest absolute Gasteiger partial charge is 0.331 e. The predicted molar refractivity (Wildman–Crippen MR) is 251 cm³/mol. The van der Waals surface area contributed by atoms with Crippen LogP contribution in [0.4, 0.5) is 0 Å². The number of nitrogens with zero attached hydrogens (tertiary/aromatic N) is 2. The van der Waals surface area contributed by atoms with E-state index in [1.165, 1.54) is 22.3 Å². The van der Waals surface area contributed by atoms with Gasteiger partial charge >= 0.3 is 11.9 Å². The number of ether oxygens (including phenoxy) is 10. The molecule has 2 aliphatic rings. The molecule has 0 amide bonds. The number of hydrogen-bond donors (Lipinski definition) is 0. The Hall–Kier alpha value is -5.59.